The molecule has 6 nitrogen and oxygen atoms in total. The van der Waals surface area contributed by atoms with Gasteiger partial charge in [0.25, 0.3) is 0 Å². The van der Waals surface area contributed by atoms with Crippen molar-refractivity contribution < 1.29 is 4.79 Å². The molecule has 0 unspecified atom stereocenters. The normalized spacial score (nSPS) is 11.3. The quantitative estimate of drug-likeness (QED) is 0.541. The third-order valence-corrected chi connectivity index (χ3v) is 4.36. The van der Waals surface area contributed by atoms with E-state index in [1.807, 2.05) is 65.3 Å². The average molecular weight is 378 g/mol. The van der Waals surface area contributed by atoms with Crippen LogP contribution in [0.1, 0.15) is 11.3 Å². The van der Waals surface area contributed by atoms with Crippen molar-refractivity contribution in [1.29, 1.82) is 0 Å². The van der Waals surface area contributed by atoms with Crippen LogP contribution >= 0.6 is 11.6 Å². The fourth-order valence-electron chi connectivity index (χ4n) is 2.73. The van der Waals surface area contributed by atoms with Gasteiger partial charge in [0.2, 0.25) is 5.91 Å². The molecule has 0 saturated carbocycles. The molecule has 1 aromatic carbocycles. The second-order valence-electron chi connectivity index (χ2n) is 5.88. The first-order chi connectivity index (χ1) is 13.2. The van der Waals surface area contributed by atoms with E-state index in [0.717, 1.165) is 16.9 Å². The monoisotopic (exact) mass is 377 g/mol. The maximum absolute atomic E-state index is 12.1. The zero-order chi connectivity index (χ0) is 18.6. The highest BCUT2D eigenvalue weighted by Gasteiger charge is 2.07. The lowest BCUT2D eigenvalue weighted by molar-refractivity contribution is -0.116. The largest absolute Gasteiger partial charge is 0.348 e. The van der Waals surface area contributed by atoms with Gasteiger partial charge in [-0.15, -0.1) is 0 Å². The highest BCUT2D eigenvalue weighted by molar-refractivity contribution is 6.31. The van der Waals surface area contributed by atoms with E-state index in [9.17, 15) is 4.79 Å². The molecule has 0 saturated heterocycles. The SMILES string of the molecule is O=C(/C=C/c1c(Cl)nc2ccccn12)NCc1ccc(-n2cccn2)cc1. The molecule has 1 amide bonds. The number of benzene rings is 1. The number of hydrogen-bond acceptors (Lipinski definition) is 3. The lowest BCUT2D eigenvalue weighted by Gasteiger charge is -2.05. The maximum Gasteiger partial charge on any atom is 0.244 e. The number of nitrogens with one attached hydrogen (secondary N) is 1. The van der Waals surface area contributed by atoms with Crippen molar-refractivity contribution in [2.24, 2.45) is 0 Å². The lowest BCUT2D eigenvalue weighted by Crippen LogP contribution is -2.20. The summed E-state index contributed by atoms with van der Waals surface area (Å²) in [7, 11) is 0. The van der Waals surface area contributed by atoms with Gasteiger partial charge >= 0.3 is 0 Å². The van der Waals surface area contributed by atoms with Crippen LogP contribution in [0.5, 0.6) is 0 Å². The molecule has 3 heterocycles. The summed E-state index contributed by atoms with van der Waals surface area (Å²) in [4.78, 5) is 16.4. The van der Waals surface area contributed by atoms with Gasteiger partial charge in [-0.2, -0.15) is 5.10 Å². The molecule has 4 aromatic rings. The van der Waals surface area contributed by atoms with Crippen LogP contribution < -0.4 is 5.32 Å². The molecular weight excluding hydrogens is 362 g/mol. The van der Waals surface area contributed by atoms with Crippen molar-refractivity contribution in [1.82, 2.24) is 24.5 Å². The number of pyridine rings is 1. The Bertz CT molecular complexity index is 1100. The van der Waals surface area contributed by atoms with Gasteiger partial charge in [-0.3, -0.25) is 9.20 Å². The fourth-order valence-corrected chi connectivity index (χ4v) is 2.97. The Balaban J connectivity index is 1.39. The minimum Gasteiger partial charge on any atom is -0.348 e. The van der Waals surface area contributed by atoms with Gasteiger partial charge in [-0.1, -0.05) is 29.8 Å². The number of amides is 1. The third-order valence-electron chi connectivity index (χ3n) is 4.09. The summed E-state index contributed by atoms with van der Waals surface area (Å²) in [5, 5.41) is 7.41. The van der Waals surface area contributed by atoms with Gasteiger partial charge in [0.05, 0.1) is 11.4 Å². The van der Waals surface area contributed by atoms with E-state index in [1.54, 1.807) is 17.0 Å². The molecule has 27 heavy (non-hydrogen) atoms. The number of carbonyl (C=O) groups is 1. The van der Waals surface area contributed by atoms with E-state index in [0.29, 0.717) is 17.4 Å². The van der Waals surface area contributed by atoms with Gasteiger partial charge in [0.15, 0.2) is 5.15 Å². The topological polar surface area (TPSA) is 64.2 Å². The fraction of sp³-hybridized carbons (Fsp3) is 0.0500. The molecule has 0 aliphatic carbocycles. The third kappa shape index (κ3) is 3.75. The van der Waals surface area contributed by atoms with Crippen LogP contribution in [0.4, 0.5) is 0 Å². The van der Waals surface area contributed by atoms with E-state index in [2.05, 4.69) is 15.4 Å². The minimum atomic E-state index is -0.201. The second kappa shape index (κ2) is 7.47. The van der Waals surface area contributed by atoms with Gasteiger partial charge < -0.3 is 5.32 Å². The van der Waals surface area contributed by atoms with Gasteiger partial charge in [-0.25, -0.2) is 9.67 Å². The Morgan fingerprint density at radius 3 is 2.74 bits per heavy atom. The molecule has 0 aliphatic heterocycles. The number of fused-ring (bicyclic) bond motifs is 1. The molecule has 0 fully saturated rings. The van der Waals surface area contributed by atoms with Crippen LogP contribution in [0.3, 0.4) is 0 Å². The Morgan fingerprint density at radius 2 is 1.96 bits per heavy atom. The van der Waals surface area contributed by atoms with Crippen LogP contribution in [0.15, 0.2) is 73.2 Å². The molecule has 0 spiro atoms. The molecule has 0 aliphatic rings. The molecule has 1 N–H and O–H groups in total. The number of halogens is 1. The zero-order valence-corrected chi connectivity index (χ0v) is 15.0. The van der Waals surface area contributed by atoms with E-state index in [1.165, 1.54) is 6.08 Å². The highest BCUT2D eigenvalue weighted by atomic mass is 35.5. The summed E-state index contributed by atoms with van der Waals surface area (Å²) in [5.74, 6) is -0.201. The lowest BCUT2D eigenvalue weighted by atomic mass is 10.2. The van der Waals surface area contributed by atoms with E-state index < -0.39 is 0 Å². The summed E-state index contributed by atoms with van der Waals surface area (Å²) in [6.45, 7) is 0.434. The number of rotatable bonds is 5. The Kier molecular flexibility index (Phi) is 4.72. The summed E-state index contributed by atoms with van der Waals surface area (Å²) >= 11 is 6.16. The maximum atomic E-state index is 12.1. The standard InChI is InChI=1S/C20H16ClN5O/c21-20-17(25-12-2-1-4-18(25)24-20)9-10-19(27)22-14-15-5-7-16(8-6-15)26-13-3-11-23-26/h1-13H,14H2,(H,22,27)/b10-9+. The van der Waals surface area contributed by atoms with Gasteiger partial charge in [0, 0.05) is 31.2 Å². The van der Waals surface area contributed by atoms with Crippen LogP contribution in [0, 0.1) is 0 Å². The predicted molar refractivity (Wildman–Crippen MR) is 105 cm³/mol. The Morgan fingerprint density at radius 1 is 1.11 bits per heavy atom. The number of nitrogens with zero attached hydrogens (tertiary/aromatic N) is 4. The zero-order valence-electron chi connectivity index (χ0n) is 14.3. The van der Waals surface area contributed by atoms with E-state index >= 15 is 0 Å². The predicted octanol–water partition coefficient (Wildman–Crippen LogP) is 3.50. The molecule has 0 atom stereocenters. The Hall–Kier alpha value is -3.38. The first kappa shape index (κ1) is 17.1. The smallest absolute Gasteiger partial charge is 0.244 e. The highest BCUT2D eigenvalue weighted by Crippen LogP contribution is 2.18. The van der Waals surface area contributed by atoms with E-state index in [4.69, 9.17) is 11.6 Å². The van der Waals surface area contributed by atoms with Crippen molar-refractivity contribution in [3.63, 3.8) is 0 Å². The minimum absolute atomic E-state index is 0.201. The number of aromatic nitrogens is 4. The summed E-state index contributed by atoms with van der Waals surface area (Å²) < 4.78 is 3.62. The molecule has 3 aromatic heterocycles. The van der Waals surface area contributed by atoms with Crippen LogP contribution in [0.25, 0.3) is 17.4 Å². The van der Waals surface area contributed by atoms with Crippen molar-refractivity contribution in [3.8, 4) is 5.69 Å². The summed E-state index contributed by atoms with van der Waals surface area (Å²) in [5.41, 5.74) is 3.38. The second-order valence-corrected chi connectivity index (χ2v) is 6.24. The van der Waals surface area contributed by atoms with Crippen LogP contribution in [-0.2, 0) is 11.3 Å². The van der Waals surface area contributed by atoms with Crippen molar-refractivity contribution in [2.45, 2.75) is 6.54 Å². The van der Waals surface area contributed by atoms with Crippen molar-refractivity contribution in [2.75, 3.05) is 0 Å². The first-order valence-electron chi connectivity index (χ1n) is 8.38. The summed E-state index contributed by atoms with van der Waals surface area (Å²) in [6, 6.07) is 15.3. The molecule has 4 rings (SSSR count). The van der Waals surface area contributed by atoms with Gasteiger partial charge in [0.1, 0.15) is 5.65 Å². The molecular formula is C20H16ClN5O. The number of carbonyl (C=O) groups excluding carboxylic acids is 1. The molecule has 7 heteroatoms. The van der Waals surface area contributed by atoms with Crippen LogP contribution in [-0.4, -0.2) is 25.1 Å². The van der Waals surface area contributed by atoms with Crippen molar-refractivity contribution in [3.05, 3.63) is 89.6 Å². The molecule has 134 valence electrons. The van der Waals surface area contributed by atoms with E-state index in [-0.39, 0.29) is 5.91 Å². The molecule has 0 bridgehead atoms. The van der Waals surface area contributed by atoms with Crippen LogP contribution in [0.2, 0.25) is 5.15 Å². The first-order valence-corrected chi connectivity index (χ1v) is 8.76. The van der Waals surface area contributed by atoms with Gasteiger partial charge in [-0.05, 0) is 42.0 Å². The number of hydrogen-bond donors (Lipinski definition) is 1. The number of imidazole rings is 1. The molecule has 0 radical (unpaired) electrons. The summed E-state index contributed by atoms with van der Waals surface area (Å²) in [6.07, 6.45) is 8.59. The Labute approximate surface area is 160 Å². The average Bonchev–Trinajstić information content (AvgIpc) is 3.33. The van der Waals surface area contributed by atoms with Crippen molar-refractivity contribution >= 4 is 29.2 Å².